The summed E-state index contributed by atoms with van der Waals surface area (Å²) in [7, 11) is 0. The van der Waals surface area contributed by atoms with Gasteiger partial charge in [0.25, 0.3) is 0 Å². The van der Waals surface area contributed by atoms with Crippen molar-refractivity contribution in [3.63, 3.8) is 0 Å². The zero-order valence-corrected chi connectivity index (χ0v) is 22.7. The fourth-order valence-corrected chi connectivity index (χ4v) is 4.94. The molecule has 6 nitrogen and oxygen atoms in total. The normalized spacial score (nSPS) is 11.1. The van der Waals surface area contributed by atoms with Gasteiger partial charge in [0.2, 0.25) is 0 Å². The second kappa shape index (κ2) is 11.5. The number of hydrogen-bond donors (Lipinski definition) is 1. The first-order valence-corrected chi connectivity index (χ1v) is 12.8. The Bertz CT molecular complexity index is 1410. The van der Waals surface area contributed by atoms with E-state index in [-0.39, 0.29) is 18.1 Å². The molecular weight excluding hydrogens is 535 g/mol. The number of carboxylic acids is 1. The van der Waals surface area contributed by atoms with Gasteiger partial charge in [0.05, 0.1) is 31.9 Å². The number of ether oxygens (including phenoxy) is 1. The summed E-state index contributed by atoms with van der Waals surface area (Å²) in [6.07, 6.45) is 0. The highest BCUT2D eigenvalue weighted by atomic mass is 35.5. The molecule has 0 saturated carbocycles. The third-order valence-electron chi connectivity index (χ3n) is 5.86. The van der Waals surface area contributed by atoms with Crippen molar-refractivity contribution in [3.8, 4) is 17.0 Å². The minimum atomic E-state index is -0.986. The predicted molar refractivity (Wildman–Crippen MR) is 148 cm³/mol. The molecular formula is C28H25Cl3N2O4. The van der Waals surface area contributed by atoms with Crippen LogP contribution in [0.5, 0.6) is 5.75 Å². The first-order valence-electron chi connectivity index (χ1n) is 11.7. The van der Waals surface area contributed by atoms with Crippen molar-refractivity contribution in [2.45, 2.75) is 33.3 Å². The summed E-state index contributed by atoms with van der Waals surface area (Å²) in [5, 5.41) is 15.0. The van der Waals surface area contributed by atoms with E-state index in [4.69, 9.17) is 44.1 Å². The second-order valence-corrected chi connectivity index (χ2v) is 9.85. The molecule has 1 aromatic heterocycles. The lowest BCUT2D eigenvalue weighted by Crippen LogP contribution is -2.17. The monoisotopic (exact) mass is 558 g/mol. The molecule has 0 spiro atoms. The summed E-state index contributed by atoms with van der Waals surface area (Å²) < 4.78 is 11.8. The van der Waals surface area contributed by atoms with E-state index in [0.29, 0.717) is 44.4 Å². The molecule has 4 aromatic rings. The Morgan fingerprint density at radius 1 is 1.03 bits per heavy atom. The lowest BCUT2D eigenvalue weighted by atomic mass is 10.0. The molecule has 4 rings (SSSR count). The summed E-state index contributed by atoms with van der Waals surface area (Å²) in [4.78, 5) is 13.3. The van der Waals surface area contributed by atoms with Gasteiger partial charge < -0.3 is 19.3 Å². The maximum Gasteiger partial charge on any atom is 0.335 e. The van der Waals surface area contributed by atoms with Crippen LogP contribution in [0.3, 0.4) is 0 Å². The zero-order valence-electron chi connectivity index (χ0n) is 20.5. The van der Waals surface area contributed by atoms with Crippen LogP contribution in [0.1, 0.15) is 48.4 Å². The Morgan fingerprint density at radius 2 is 1.73 bits per heavy atom. The summed E-state index contributed by atoms with van der Waals surface area (Å²) in [6, 6.07) is 17.4. The fourth-order valence-electron chi connectivity index (χ4n) is 4.09. The molecule has 37 heavy (non-hydrogen) atoms. The number of benzene rings is 3. The van der Waals surface area contributed by atoms with E-state index in [1.165, 1.54) is 0 Å². The average Bonchev–Trinajstić information content (AvgIpc) is 3.28. The van der Waals surface area contributed by atoms with Crippen molar-refractivity contribution in [3.05, 3.63) is 92.6 Å². The van der Waals surface area contributed by atoms with E-state index in [1.54, 1.807) is 42.5 Å². The lowest BCUT2D eigenvalue weighted by Gasteiger charge is -2.25. The molecule has 1 N–H and O–H groups in total. The van der Waals surface area contributed by atoms with Gasteiger partial charge in [-0.25, -0.2) is 4.79 Å². The number of halogens is 3. The maximum atomic E-state index is 11.4. The number of carboxylic acid groups (broad SMARTS) is 1. The topological polar surface area (TPSA) is 75.8 Å². The van der Waals surface area contributed by atoms with Crippen LogP contribution in [0.25, 0.3) is 11.3 Å². The van der Waals surface area contributed by atoms with Crippen LogP contribution in [0.4, 0.5) is 11.4 Å². The molecule has 9 heteroatoms. The first kappa shape index (κ1) is 26.9. The van der Waals surface area contributed by atoms with Crippen LogP contribution < -0.4 is 9.64 Å². The highest BCUT2D eigenvalue weighted by molar-refractivity contribution is 6.39. The Balaban J connectivity index is 1.62. The molecule has 0 aliphatic carbocycles. The van der Waals surface area contributed by atoms with E-state index in [0.717, 1.165) is 16.9 Å². The largest absolute Gasteiger partial charge is 0.489 e. The van der Waals surface area contributed by atoms with Gasteiger partial charge in [-0.2, -0.15) is 0 Å². The molecule has 1 heterocycles. The Hall–Kier alpha value is -3.19. The number of carbonyl (C=O) groups is 1. The molecule has 0 atom stereocenters. The third kappa shape index (κ3) is 5.72. The number of anilines is 2. The zero-order chi connectivity index (χ0) is 26.7. The number of aromatic nitrogens is 1. The Morgan fingerprint density at radius 3 is 2.35 bits per heavy atom. The molecule has 192 valence electrons. The molecule has 0 amide bonds. The van der Waals surface area contributed by atoms with Crippen LogP contribution in [-0.4, -0.2) is 22.8 Å². The molecule has 0 aliphatic rings. The van der Waals surface area contributed by atoms with E-state index in [9.17, 15) is 9.90 Å². The van der Waals surface area contributed by atoms with Crippen molar-refractivity contribution in [1.29, 1.82) is 0 Å². The quantitative estimate of drug-likeness (QED) is 0.221. The number of rotatable bonds is 9. The molecule has 0 radical (unpaired) electrons. The number of nitrogens with zero attached hydrogens (tertiary/aromatic N) is 2. The van der Waals surface area contributed by atoms with Gasteiger partial charge in [-0.05, 0) is 49.4 Å². The molecule has 0 fully saturated rings. The summed E-state index contributed by atoms with van der Waals surface area (Å²) in [5.41, 5.74) is 3.55. The molecule has 3 aromatic carbocycles. The van der Waals surface area contributed by atoms with Gasteiger partial charge in [-0.15, -0.1) is 0 Å². The molecule has 0 aliphatic heterocycles. The summed E-state index contributed by atoms with van der Waals surface area (Å²) >= 11 is 19.5. The molecule has 0 saturated heterocycles. The smallest absolute Gasteiger partial charge is 0.335 e. The average molecular weight is 560 g/mol. The fraction of sp³-hybridized carbons (Fsp3) is 0.214. The van der Waals surface area contributed by atoms with Crippen LogP contribution in [-0.2, 0) is 6.61 Å². The SMILES string of the molecule is CCN(c1cccc(C(=O)O)c1)c1ccc(OCc2c(-c3c(Cl)cccc3Cl)noc2C(C)C)cc1Cl. The van der Waals surface area contributed by atoms with Gasteiger partial charge in [0.15, 0.2) is 0 Å². The standard InChI is InChI=1S/C28H25Cl3N2O4/c1-4-33(18-8-5-7-17(13-18)28(34)35)24-12-11-19(14-23(24)31)36-15-20-26(32-37-27(20)16(2)3)25-21(29)9-6-10-22(25)30/h5-14,16H,4,15H2,1-3H3,(H,34,35). The first-order chi connectivity index (χ1) is 17.7. The molecule has 0 unspecified atom stereocenters. The summed E-state index contributed by atoms with van der Waals surface area (Å²) in [5.74, 6) is 0.312. The van der Waals surface area contributed by atoms with E-state index in [2.05, 4.69) is 5.16 Å². The van der Waals surface area contributed by atoms with Crippen LogP contribution in [0.2, 0.25) is 15.1 Å². The Labute approximate surface area is 230 Å². The lowest BCUT2D eigenvalue weighted by molar-refractivity contribution is 0.0697. The van der Waals surface area contributed by atoms with Crippen molar-refractivity contribution < 1.29 is 19.2 Å². The highest BCUT2D eigenvalue weighted by Gasteiger charge is 2.24. The summed E-state index contributed by atoms with van der Waals surface area (Å²) in [6.45, 7) is 6.73. The maximum absolute atomic E-state index is 11.4. The number of aromatic carboxylic acids is 1. The van der Waals surface area contributed by atoms with E-state index >= 15 is 0 Å². The van der Waals surface area contributed by atoms with E-state index < -0.39 is 5.97 Å². The highest BCUT2D eigenvalue weighted by Crippen LogP contribution is 2.39. The predicted octanol–water partition coefficient (Wildman–Crippen LogP) is 8.86. The number of hydrogen-bond acceptors (Lipinski definition) is 5. The van der Waals surface area contributed by atoms with Gasteiger partial charge in [-0.3, -0.25) is 0 Å². The van der Waals surface area contributed by atoms with Crippen molar-refractivity contribution in [1.82, 2.24) is 5.16 Å². The van der Waals surface area contributed by atoms with Gasteiger partial charge >= 0.3 is 5.97 Å². The van der Waals surface area contributed by atoms with Gasteiger partial charge in [0, 0.05) is 29.8 Å². The van der Waals surface area contributed by atoms with Crippen molar-refractivity contribution >= 4 is 52.1 Å². The van der Waals surface area contributed by atoms with Crippen molar-refractivity contribution in [2.75, 3.05) is 11.4 Å². The van der Waals surface area contributed by atoms with E-state index in [1.807, 2.05) is 43.9 Å². The Kier molecular flexibility index (Phi) is 8.32. The van der Waals surface area contributed by atoms with Crippen LogP contribution in [0, 0.1) is 0 Å². The van der Waals surface area contributed by atoms with Gasteiger partial charge in [-0.1, -0.05) is 65.9 Å². The minimum absolute atomic E-state index is 0.0618. The van der Waals surface area contributed by atoms with Crippen LogP contribution >= 0.6 is 34.8 Å². The van der Waals surface area contributed by atoms with Crippen molar-refractivity contribution in [2.24, 2.45) is 0 Å². The van der Waals surface area contributed by atoms with Crippen LogP contribution in [0.15, 0.2) is 65.2 Å². The minimum Gasteiger partial charge on any atom is -0.489 e. The second-order valence-electron chi connectivity index (χ2n) is 8.63. The van der Waals surface area contributed by atoms with Gasteiger partial charge in [0.1, 0.15) is 23.8 Å². The third-order valence-corrected chi connectivity index (χ3v) is 6.79. The molecule has 0 bridgehead atoms.